The second kappa shape index (κ2) is 17.8. The molecule has 2 N–H and O–H groups in total. The van der Waals surface area contributed by atoms with Crippen LogP contribution in [0.25, 0.3) is 0 Å². The van der Waals surface area contributed by atoms with Gasteiger partial charge in [-0.05, 0) is 44.9 Å². The van der Waals surface area contributed by atoms with Gasteiger partial charge in [0.2, 0.25) is 11.8 Å². The molecule has 1 saturated heterocycles. The number of unbranched alkanes of at least 4 members (excludes halogenated alkanes) is 11. The first-order valence-electron chi connectivity index (χ1n) is 11.9. The third-order valence-corrected chi connectivity index (χ3v) is 5.51. The fourth-order valence-corrected chi connectivity index (χ4v) is 3.75. The zero-order chi connectivity index (χ0) is 20.3. The second-order valence-electron chi connectivity index (χ2n) is 8.30. The van der Waals surface area contributed by atoms with Crippen molar-refractivity contribution in [3.8, 4) is 0 Å². The van der Waals surface area contributed by atoms with Crippen molar-refractivity contribution in [2.45, 2.75) is 122 Å². The minimum absolute atomic E-state index is 0.0260. The second-order valence-corrected chi connectivity index (χ2v) is 8.30. The Kier molecular flexibility index (Phi) is 15.7. The summed E-state index contributed by atoms with van der Waals surface area (Å²) >= 11 is 0. The minimum atomic E-state index is 0.0260. The first-order chi connectivity index (χ1) is 13.7. The Bertz CT molecular complexity index is 434. The van der Waals surface area contributed by atoms with E-state index in [-0.39, 0.29) is 17.9 Å². The van der Waals surface area contributed by atoms with Gasteiger partial charge in [0.25, 0.3) is 0 Å². The third-order valence-electron chi connectivity index (χ3n) is 5.51. The molecule has 2 amide bonds. The number of nitrogens with one attached hydrogen (secondary N) is 2. The molecule has 0 aromatic carbocycles. The van der Waals surface area contributed by atoms with Gasteiger partial charge in [0, 0.05) is 25.4 Å². The van der Waals surface area contributed by atoms with Crippen molar-refractivity contribution in [1.29, 1.82) is 0 Å². The van der Waals surface area contributed by atoms with Gasteiger partial charge in [0.15, 0.2) is 0 Å². The highest BCUT2D eigenvalue weighted by Crippen LogP contribution is 2.11. The Hall–Kier alpha value is -1.32. The summed E-state index contributed by atoms with van der Waals surface area (Å²) in [7, 11) is 0. The fourth-order valence-electron chi connectivity index (χ4n) is 3.75. The maximum atomic E-state index is 12.0. The summed E-state index contributed by atoms with van der Waals surface area (Å²) in [5, 5.41) is 5.88. The molecule has 0 aliphatic carbocycles. The van der Waals surface area contributed by atoms with E-state index in [0.717, 1.165) is 32.2 Å². The van der Waals surface area contributed by atoms with Crippen molar-refractivity contribution < 1.29 is 9.59 Å². The zero-order valence-corrected chi connectivity index (χ0v) is 18.3. The van der Waals surface area contributed by atoms with Crippen molar-refractivity contribution in [3.63, 3.8) is 0 Å². The number of hydrogen-bond acceptors (Lipinski definition) is 2. The smallest absolute Gasteiger partial charge is 0.222 e. The van der Waals surface area contributed by atoms with E-state index in [0.29, 0.717) is 12.8 Å². The van der Waals surface area contributed by atoms with Crippen LogP contribution in [0.1, 0.15) is 116 Å². The minimum Gasteiger partial charge on any atom is -0.356 e. The van der Waals surface area contributed by atoms with Gasteiger partial charge < -0.3 is 10.6 Å². The molecule has 1 unspecified atom stereocenters. The monoisotopic (exact) mass is 392 g/mol. The van der Waals surface area contributed by atoms with Crippen LogP contribution in [0.5, 0.6) is 0 Å². The van der Waals surface area contributed by atoms with E-state index in [1.807, 2.05) is 0 Å². The standard InChI is InChI=1S/C24H44N2O2/c1-2-3-4-5-6-7-8-9-10-11-12-13-14-15-16-19-23(27)26-22-18-17-20-25-24(28)21-22/h9-10,22H,2-8,11-21H2,1H3,(H,25,28)(H,26,27). The average Bonchev–Trinajstić information content (AvgIpc) is 2.88. The Balaban J connectivity index is 1.86. The number of allylic oxidation sites excluding steroid dienone is 2. The maximum Gasteiger partial charge on any atom is 0.222 e. The first kappa shape index (κ1) is 24.7. The molecule has 1 rings (SSSR count). The van der Waals surface area contributed by atoms with Crippen molar-refractivity contribution in [3.05, 3.63) is 12.2 Å². The Morgan fingerprint density at radius 1 is 0.964 bits per heavy atom. The van der Waals surface area contributed by atoms with Crippen LogP contribution >= 0.6 is 0 Å². The molecule has 28 heavy (non-hydrogen) atoms. The van der Waals surface area contributed by atoms with Crippen molar-refractivity contribution in [2.75, 3.05) is 6.54 Å². The van der Waals surface area contributed by atoms with Crippen LogP contribution in [0.2, 0.25) is 0 Å². The third kappa shape index (κ3) is 14.7. The van der Waals surface area contributed by atoms with Crippen molar-refractivity contribution in [1.82, 2.24) is 10.6 Å². The van der Waals surface area contributed by atoms with Crippen molar-refractivity contribution >= 4 is 11.8 Å². The van der Waals surface area contributed by atoms with Gasteiger partial charge in [-0.1, -0.05) is 70.4 Å². The summed E-state index contributed by atoms with van der Waals surface area (Å²) in [5.41, 5.74) is 0. The van der Waals surface area contributed by atoms with E-state index in [4.69, 9.17) is 0 Å². The molecule has 0 saturated carbocycles. The van der Waals surface area contributed by atoms with Gasteiger partial charge in [0.05, 0.1) is 0 Å². The fraction of sp³-hybridized carbons (Fsp3) is 0.833. The van der Waals surface area contributed by atoms with Gasteiger partial charge in [-0.15, -0.1) is 0 Å². The van der Waals surface area contributed by atoms with Gasteiger partial charge in [-0.25, -0.2) is 0 Å². The quantitative estimate of drug-likeness (QED) is 0.257. The molecule has 1 aliphatic heterocycles. The van der Waals surface area contributed by atoms with E-state index in [9.17, 15) is 9.59 Å². The summed E-state index contributed by atoms with van der Waals surface area (Å²) in [4.78, 5) is 23.5. The summed E-state index contributed by atoms with van der Waals surface area (Å²) < 4.78 is 0. The van der Waals surface area contributed by atoms with Crippen LogP contribution in [0.15, 0.2) is 12.2 Å². The molecule has 0 radical (unpaired) electrons. The maximum absolute atomic E-state index is 12.0. The predicted molar refractivity (Wildman–Crippen MR) is 118 cm³/mol. The van der Waals surface area contributed by atoms with E-state index in [1.54, 1.807) is 0 Å². The van der Waals surface area contributed by atoms with Gasteiger partial charge >= 0.3 is 0 Å². The molecule has 1 fully saturated rings. The molecular formula is C24H44N2O2. The van der Waals surface area contributed by atoms with Crippen molar-refractivity contribution in [2.24, 2.45) is 0 Å². The molecule has 4 heteroatoms. The molecule has 0 aromatic rings. The summed E-state index contributed by atoms with van der Waals surface area (Å²) in [5.74, 6) is 0.168. The topological polar surface area (TPSA) is 58.2 Å². The lowest BCUT2D eigenvalue weighted by atomic mass is 10.1. The highest BCUT2D eigenvalue weighted by molar-refractivity contribution is 5.79. The molecule has 1 aliphatic rings. The lowest BCUT2D eigenvalue weighted by Crippen LogP contribution is -2.36. The van der Waals surface area contributed by atoms with Crippen LogP contribution < -0.4 is 10.6 Å². The number of rotatable bonds is 16. The normalized spacial score (nSPS) is 17.5. The highest BCUT2D eigenvalue weighted by Gasteiger charge is 2.18. The zero-order valence-electron chi connectivity index (χ0n) is 18.3. The van der Waals surface area contributed by atoms with E-state index in [2.05, 4.69) is 29.7 Å². The molecule has 1 atom stereocenters. The van der Waals surface area contributed by atoms with Gasteiger partial charge in [-0.2, -0.15) is 0 Å². The Labute approximate surface area is 173 Å². The van der Waals surface area contributed by atoms with Crippen LogP contribution in [0.3, 0.4) is 0 Å². The number of carbonyl (C=O) groups is 2. The lowest BCUT2D eigenvalue weighted by Gasteiger charge is -2.15. The molecule has 0 spiro atoms. The number of carbonyl (C=O) groups excluding carboxylic acids is 2. The van der Waals surface area contributed by atoms with E-state index in [1.165, 1.54) is 70.6 Å². The van der Waals surface area contributed by atoms with Gasteiger partial charge in [0.1, 0.15) is 0 Å². The summed E-state index contributed by atoms with van der Waals surface area (Å²) in [6.45, 7) is 3.00. The summed E-state index contributed by atoms with van der Waals surface area (Å²) in [6, 6.07) is 0.0260. The number of amides is 2. The molecule has 162 valence electrons. The first-order valence-corrected chi connectivity index (χ1v) is 11.9. The van der Waals surface area contributed by atoms with Crippen LogP contribution in [0, 0.1) is 0 Å². The van der Waals surface area contributed by atoms with Crippen LogP contribution in [-0.2, 0) is 9.59 Å². The number of hydrogen-bond donors (Lipinski definition) is 2. The molecular weight excluding hydrogens is 348 g/mol. The Morgan fingerprint density at radius 3 is 2.25 bits per heavy atom. The summed E-state index contributed by atoms with van der Waals surface area (Å²) in [6.07, 6.45) is 24.1. The molecule has 4 nitrogen and oxygen atoms in total. The largest absolute Gasteiger partial charge is 0.356 e. The van der Waals surface area contributed by atoms with Crippen LogP contribution in [0.4, 0.5) is 0 Å². The Morgan fingerprint density at radius 2 is 1.57 bits per heavy atom. The predicted octanol–water partition coefficient (Wildman–Crippen LogP) is 5.81. The lowest BCUT2D eigenvalue weighted by molar-refractivity contribution is -0.123. The molecule has 1 heterocycles. The van der Waals surface area contributed by atoms with E-state index < -0.39 is 0 Å². The van der Waals surface area contributed by atoms with E-state index >= 15 is 0 Å². The van der Waals surface area contributed by atoms with Crippen LogP contribution in [-0.4, -0.2) is 24.4 Å². The van der Waals surface area contributed by atoms with Gasteiger partial charge in [-0.3, -0.25) is 9.59 Å². The average molecular weight is 393 g/mol. The highest BCUT2D eigenvalue weighted by atomic mass is 16.2. The SMILES string of the molecule is CCCCCCCCC=CCCCCCCCC(=O)NC1CCCNC(=O)C1. The molecule has 0 bridgehead atoms. The molecule has 0 aromatic heterocycles.